The van der Waals surface area contributed by atoms with Crippen LogP contribution in [0.15, 0.2) is 0 Å². The summed E-state index contributed by atoms with van der Waals surface area (Å²) in [6, 6.07) is 0. The Morgan fingerprint density at radius 1 is 0.500 bits per heavy atom. The molecule has 0 atom stereocenters. The Balaban J connectivity index is 0. The van der Waals surface area contributed by atoms with E-state index in [9.17, 15) is 0 Å². The van der Waals surface area contributed by atoms with E-state index >= 15 is 0 Å². The van der Waals surface area contributed by atoms with E-state index in [4.69, 9.17) is 0 Å². The molecule has 0 spiro atoms. The van der Waals surface area contributed by atoms with Crippen LogP contribution in [0, 0.1) is 112 Å². The molecular formula is C28H48SiTh+2. The van der Waals surface area contributed by atoms with Crippen LogP contribution in [-0.4, -0.2) is 8.07 Å². The maximum absolute atomic E-state index is 3.60. The molecule has 2 rings (SSSR count). The quantitative estimate of drug-likeness (QED) is 0.212. The maximum Gasteiger partial charge on any atom is 4.00 e. The molecule has 0 N–H and O–H groups in total. The number of hydrogen-bond acceptors (Lipinski definition) is 0. The van der Waals surface area contributed by atoms with Gasteiger partial charge in [-0.15, -0.1) is 0 Å². The fourth-order valence-corrected chi connectivity index (χ4v) is 9.19. The summed E-state index contributed by atoms with van der Waals surface area (Å²) in [5.41, 5.74) is 3.35. The zero-order chi connectivity index (χ0) is 23.1. The predicted octanol–water partition coefficient (Wildman–Crippen LogP) is 8.95. The van der Waals surface area contributed by atoms with Crippen molar-refractivity contribution in [1.29, 1.82) is 0 Å². The van der Waals surface area contributed by atoms with E-state index in [1.165, 1.54) is 60.2 Å². The van der Waals surface area contributed by atoms with Crippen molar-refractivity contribution in [2.24, 2.45) is 0 Å². The van der Waals surface area contributed by atoms with Gasteiger partial charge >= 0.3 is 39.9 Å². The van der Waals surface area contributed by atoms with Gasteiger partial charge in [0.2, 0.25) is 0 Å². The Labute approximate surface area is 226 Å². The van der Waals surface area contributed by atoms with Crippen molar-refractivity contribution in [2.75, 3.05) is 0 Å². The van der Waals surface area contributed by atoms with E-state index in [2.05, 4.69) is 96.2 Å². The first kappa shape index (κ1) is 33.7. The zero-order valence-corrected chi connectivity index (χ0v) is 27.4. The van der Waals surface area contributed by atoms with E-state index in [0.717, 1.165) is 12.8 Å². The second kappa shape index (κ2) is 15.4. The molecule has 2 aliphatic carbocycles. The zero-order valence-electron chi connectivity index (χ0n) is 22.2. The standard InChI is InChI=1S/C20H30Si.2C4H9.Th/c1-11-12(2)16(6)19(15(11)5)21(9,10)20-17(7)13(3)14(4)18(20)8;2*1-3-4-2;/h1-10H3;2*1,3-4H2,2H3;/q;2*-1;+4. The molecule has 2 heteroatoms. The first-order valence-corrected chi connectivity index (χ1v) is 14.4. The average Bonchev–Trinajstić information content (AvgIpc) is 3.01. The van der Waals surface area contributed by atoms with Crippen LogP contribution in [-0.2, 0) is 0 Å². The van der Waals surface area contributed by atoms with Gasteiger partial charge in [0.1, 0.15) is 0 Å². The molecule has 0 unspecified atom stereocenters. The fraction of sp³-hybridized carbons (Fsp3) is 0.571. The van der Waals surface area contributed by atoms with E-state index in [1.807, 2.05) is 0 Å². The van der Waals surface area contributed by atoms with Crippen LogP contribution in [0.1, 0.15) is 94.9 Å². The molecule has 166 valence electrons. The van der Waals surface area contributed by atoms with E-state index in [-0.39, 0.29) is 39.9 Å². The van der Waals surface area contributed by atoms with Gasteiger partial charge in [0.05, 0.1) is 8.07 Å². The van der Waals surface area contributed by atoms with Gasteiger partial charge in [-0.1, -0.05) is 95.2 Å². The van der Waals surface area contributed by atoms with Crippen molar-refractivity contribution in [3.63, 3.8) is 0 Å². The monoisotopic (exact) mass is 644 g/mol. The first-order chi connectivity index (χ1) is 13.4. The Morgan fingerprint density at radius 3 is 0.800 bits per heavy atom. The van der Waals surface area contributed by atoms with Crippen LogP contribution in [0.25, 0.3) is 0 Å². The van der Waals surface area contributed by atoms with Crippen molar-refractivity contribution in [1.82, 2.24) is 0 Å². The minimum atomic E-state index is -1.65. The topological polar surface area (TPSA) is 0 Å². The third-order valence-corrected chi connectivity index (χ3v) is 10.8. The van der Waals surface area contributed by atoms with Crippen LogP contribution in [0.4, 0.5) is 0 Å². The average molecular weight is 645 g/mol. The van der Waals surface area contributed by atoms with Crippen LogP contribution in [0.5, 0.6) is 0 Å². The van der Waals surface area contributed by atoms with Gasteiger partial charge < -0.3 is 13.8 Å². The van der Waals surface area contributed by atoms with Crippen molar-refractivity contribution >= 4 is 8.07 Å². The van der Waals surface area contributed by atoms with Crippen LogP contribution in [0.3, 0.4) is 0 Å². The fourth-order valence-electron chi connectivity index (χ4n) is 4.44. The minimum absolute atomic E-state index is 0. The molecule has 0 nitrogen and oxygen atoms in total. The summed E-state index contributed by atoms with van der Waals surface area (Å²) in [5.74, 6) is 12.1. The summed E-state index contributed by atoms with van der Waals surface area (Å²) in [7, 11) is -1.65. The summed E-state index contributed by atoms with van der Waals surface area (Å²) in [4.78, 5) is 0. The number of rotatable bonds is 4. The van der Waals surface area contributed by atoms with Crippen molar-refractivity contribution in [2.45, 2.75) is 108 Å². The number of unbranched alkanes of at least 4 members (excludes halogenated alkanes) is 2. The summed E-state index contributed by atoms with van der Waals surface area (Å²) < 4.78 is 0. The summed E-state index contributed by atoms with van der Waals surface area (Å²) in [6.07, 6.45) is 4.56. The van der Waals surface area contributed by atoms with Gasteiger partial charge in [-0.3, -0.25) is 0 Å². The Hall–Kier alpha value is 1.54. The Bertz CT molecular complexity index is 364. The first-order valence-electron chi connectivity index (χ1n) is 11.4. The summed E-state index contributed by atoms with van der Waals surface area (Å²) >= 11 is 0. The molecular weight excluding hydrogens is 596 g/mol. The van der Waals surface area contributed by atoms with Gasteiger partial charge in [0, 0.05) is 0 Å². The van der Waals surface area contributed by atoms with Crippen molar-refractivity contribution in [3.8, 4) is 0 Å². The predicted molar refractivity (Wildman–Crippen MR) is 136 cm³/mol. The van der Waals surface area contributed by atoms with Gasteiger partial charge in [-0.05, 0) is 58.4 Å². The van der Waals surface area contributed by atoms with Gasteiger partial charge in [0.25, 0.3) is 0 Å². The number of hydrogen-bond donors (Lipinski definition) is 0. The van der Waals surface area contributed by atoms with Crippen LogP contribution in [0.2, 0.25) is 13.1 Å². The molecule has 2 fully saturated rings. The molecule has 2 aliphatic rings. The molecule has 10 radical (unpaired) electrons. The molecule has 0 aromatic carbocycles. The molecule has 0 aromatic rings. The van der Waals surface area contributed by atoms with Crippen molar-refractivity contribution < 1.29 is 39.9 Å². The molecule has 30 heavy (non-hydrogen) atoms. The SMILES string of the molecule is C[C]1[C](C)[C](C)[C]([Si](C)(C)[C]2[C](C)[C](C)[C](C)[C]2C)[C]1C.[CH2-]CCC.[CH2-]CCC.[Th+4]. The second-order valence-electron chi connectivity index (χ2n) is 9.08. The molecule has 0 aromatic heterocycles. The molecule has 0 bridgehead atoms. The summed E-state index contributed by atoms with van der Waals surface area (Å²) in [5, 5.41) is 0. The van der Waals surface area contributed by atoms with Gasteiger partial charge in [0.15, 0.2) is 0 Å². The second-order valence-corrected chi connectivity index (χ2v) is 13.3. The maximum atomic E-state index is 3.60. The van der Waals surface area contributed by atoms with E-state index in [0.29, 0.717) is 0 Å². The van der Waals surface area contributed by atoms with Gasteiger partial charge in [-0.2, -0.15) is 12.8 Å². The normalized spacial score (nSPS) is 22.6. The molecule has 0 amide bonds. The molecule has 0 aliphatic heterocycles. The smallest absolute Gasteiger partial charge is 0.343 e. The summed E-state index contributed by atoms with van der Waals surface area (Å²) in [6.45, 7) is 35.0. The Morgan fingerprint density at radius 2 is 0.667 bits per heavy atom. The third-order valence-electron chi connectivity index (χ3n) is 6.83. The molecule has 2 saturated carbocycles. The Kier molecular flexibility index (Phi) is 17.4. The van der Waals surface area contributed by atoms with Crippen LogP contribution >= 0.6 is 0 Å². The third kappa shape index (κ3) is 7.80. The van der Waals surface area contributed by atoms with Gasteiger partial charge in [-0.25, -0.2) is 0 Å². The van der Waals surface area contributed by atoms with E-state index in [1.54, 1.807) is 11.1 Å². The van der Waals surface area contributed by atoms with E-state index < -0.39 is 8.07 Å². The van der Waals surface area contributed by atoms with Crippen LogP contribution < -0.4 is 0 Å². The van der Waals surface area contributed by atoms with Crippen molar-refractivity contribution in [3.05, 3.63) is 72.3 Å². The minimum Gasteiger partial charge on any atom is -0.343 e. The largest absolute Gasteiger partial charge is 4.00 e. The molecule has 0 heterocycles. The molecule has 0 saturated heterocycles.